The first kappa shape index (κ1) is 26.5. The van der Waals surface area contributed by atoms with Crippen molar-refractivity contribution in [2.45, 2.75) is 47.6 Å². The van der Waals surface area contributed by atoms with E-state index in [0.29, 0.717) is 29.9 Å². The summed E-state index contributed by atoms with van der Waals surface area (Å²) in [7, 11) is 0. The van der Waals surface area contributed by atoms with Crippen LogP contribution in [-0.2, 0) is 22.6 Å². The average molecular weight is 517 g/mol. The molecule has 0 amide bonds. The number of benzene rings is 2. The molecule has 4 aromatic rings. The lowest BCUT2D eigenvalue weighted by Crippen LogP contribution is -2.15. The van der Waals surface area contributed by atoms with E-state index >= 15 is 0 Å². The molecule has 4 rings (SSSR count). The van der Waals surface area contributed by atoms with Crippen LogP contribution in [0.25, 0.3) is 22.2 Å². The minimum Gasteiger partial charge on any atom is -0.478 e. The van der Waals surface area contributed by atoms with Crippen molar-refractivity contribution in [1.82, 2.24) is 19.7 Å². The van der Waals surface area contributed by atoms with Gasteiger partial charge < -0.3 is 19.1 Å². The van der Waals surface area contributed by atoms with Gasteiger partial charge in [0.2, 0.25) is 0 Å². The van der Waals surface area contributed by atoms with E-state index in [9.17, 15) is 19.5 Å². The molecular formula is C28H28N4O6. The number of esters is 2. The van der Waals surface area contributed by atoms with Crippen LogP contribution in [0.1, 0.15) is 56.4 Å². The summed E-state index contributed by atoms with van der Waals surface area (Å²) in [6.07, 6.45) is 0.560. The number of hydrogen-bond acceptors (Lipinski definition) is 8. The van der Waals surface area contributed by atoms with Gasteiger partial charge in [-0.2, -0.15) is 0 Å². The largest absolute Gasteiger partial charge is 0.478 e. The van der Waals surface area contributed by atoms with Crippen LogP contribution in [-0.4, -0.2) is 42.8 Å². The molecule has 2 aromatic carbocycles. The predicted octanol–water partition coefficient (Wildman–Crippen LogP) is 4.68. The van der Waals surface area contributed by atoms with E-state index in [1.54, 1.807) is 24.3 Å². The summed E-state index contributed by atoms with van der Waals surface area (Å²) in [6.45, 7) is 9.07. The second-order valence-electron chi connectivity index (χ2n) is 10.1. The van der Waals surface area contributed by atoms with E-state index in [1.807, 2.05) is 28.8 Å². The van der Waals surface area contributed by atoms with Crippen LogP contribution in [0.5, 0.6) is 11.8 Å². The van der Waals surface area contributed by atoms with Crippen LogP contribution in [0.15, 0.2) is 48.5 Å². The fourth-order valence-electron chi connectivity index (χ4n) is 4.13. The van der Waals surface area contributed by atoms with Crippen LogP contribution in [0, 0.1) is 5.41 Å². The van der Waals surface area contributed by atoms with Gasteiger partial charge in [-0.25, -0.2) is 9.78 Å². The molecule has 0 fully saturated rings. The van der Waals surface area contributed by atoms with Crippen LogP contribution in [0.2, 0.25) is 0 Å². The number of imidazole rings is 1. The van der Waals surface area contributed by atoms with Crippen molar-refractivity contribution in [1.29, 1.82) is 0 Å². The monoisotopic (exact) mass is 516 g/mol. The Kier molecular flexibility index (Phi) is 7.25. The van der Waals surface area contributed by atoms with E-state index < -0.39 is 17.9 Å². The van der Waals surface area contributed by atoms with Crippen LogP contribution in [0.4, 0.5) is 0 Å². The Morgan fingerprint density at radius 2 is 1.50 bits per heavy atom. The van der Waals surface area contributed by atoms with Crippen LogP contribution < -0.4 is 9.47 Å². The molecule has 2 aromatic heterocycles. The number of aromatic nitrogens is 4. The van der Waals surface area contributed by atoms with Gasteiger partial charge in [-0.1, -0.05) is 63.2 Å². The number of carbonyl (C=O) groups excluding carboxylic acids is 2. The Bertz CT molecular complexity index is 1530. The fraction of sp³-hybridized carbons (Fsp3) is 0.286. The zero-order chi connectivity index (χ0) is 27.6. The normalized spacial score (nSPS) is 11.4. The van der Waals surface area contributed by atoms with Gasteiger partial charge in [0.15, 0.2) is 5.52 Å². The Morgan fingerprint density at radius 1 is 0.895 bits per heavy atom. The third kappa shape index (κ3) is 5.86. The fourth-order valence-corrected chi connectivity index (χ4v) is 4.13. The molecule has 0 unspecified atom stereocenters. The smallest absolute Gasteiger partial charge is 0.336 e. The molecule has 0 atom stereocenters. The van der Waals surface area contributed by atoms with E-state index in [4.69, 9.17) is 14.5 Å². The van der Waals surface area contributed by atoms with Crippen LogP contribution in [0.3, 0.4) is 0 Å². The molecule has 10 heteroatoms. The third-order valence-electron chi connectivity index (χ3n) is 5.62. The third-order valence-corrected chi connectivity index (χ3v) is 5.62. The lowest BCUT2D eigenvalue weighted by Gasteiger charge is -2.19. The number of ether oxygens (including phenoxy) is 2. The molecule has 38 heavy (non-hydrogen) atoms. The van der Waals surface area contributed by atoms with Crippen molar-refractivity contribution in [3.63, 3.8) is 0 Å². The van der Waals surface area contributed by atoms with Crippen molar-refractivity contribution >= 4 is 28.9 Å². The molecule has 10 nitrogen and oxygen atoms in total. The lowest BCUT2D eigenvalue weighted by atomic mass is 9.92. The predicted molar refractivity (Wildman–Crippen MR) is 139 cm³/mol. The standard InChI is InChI=1S/C28H28N4O6/c1-16(33)37-25-23-24(26(31-30-25)38-17(2)34)32(22(29-23)14-28(3,4)5)15-18-10-12-19(13-11-18)20-8-6-7-9-21(20)27(35)36/h6-13H,14-15H2,1-5H3,(H,35,36). The molecule has 0 radical (unpaired) electrons. The topological polar surface area (TPSA) is 133 Å². The maximum atomic E-state index is 11.8. The maximum absolute atomic E-state index is 11.8. The van der Waals surface area contributed by atoms with Crippen molar-refractivity contribution in [2.75, 3.05) is 0 Å². The Hall–Kier alpha value is -4.60. The number of carbonyl (C=O) groups is 3. The zero-order valence-electron chi connectivity index (χ0n) is 21.8. The molecule has 0 saturated heterocycles. The molecule has 0 saturated carbocycles. The van der Waals surface area contributed by atoms with Gasteiger partial charge in [0.25, 0.3) is 11.8 Å². The van der Waals surface area contributed by atoms with Crippen molar-refractivity contribution < 1.29 is 29.0 Å². The Balaban J connectivity index is 1.83. The first-order valence-electron chi connectivity index (χ1n) is 12.0. The van der Waals surface area contributed by atoms with Crippen molar-refractivity contribution in [2.24, 2.45) is 5.41 Å². The molecule has 0 aliphatic carbocycles. The summed E-state index contributed by atoms with van der Waals surface area (Å²) >= 11 is 0. The molecule has 0 bridgehead atoms. The van der Waals surface area contributed by atoms with E-state index in [2.05, 4.69) is 31.0 Å². The molecule has 0 aliphatic rings. The first-order valence-corrected chi connectivity index (χ1v) is 12.0. The number of nitrogens with zero attached hydrogens (tertiary/aromatic N) is 4. The number of carboxylic acid groups (broad SMARTS) is 1. The highest BCUT2D eigenvalue weighted by Gasteiger charge is 2.26. The Morgan fingerprint density at radius 3 is 2.11 bits per heavy atom. The van der Waals surface area contributed by atoms with Gasteiger partial charge in [-0.3, -0.25) is 9.59 Å². The average Bonchev–Trinajstić information content (AvgIpc) is 3.17. The van der Waals surface area contributed by atoms with Crippen molar-refractivity contribution in [3.05, 3.63) is 65.5 Å². The number of rotatable bonds is 7. The molecule has 1 N–H and O–H groups in total. The van der Waals surface area contributed by atoms with Gasteiger partial charge in [0.05, 0.1) is 5.56 Å². The summed E-state index contributed by atoms with van der Waals surface area (Å²) in [4.78, 5) is 39.9. The minimum atomic E-state index is -0.996. The van der Waals surface area contributed by atoms with Gasteiger partial charge in [-0.15, -0.1) is 10.2 Å². The van der Waals surface area contributed by atoms with E-state index in [1.165, 1.54) is 13.8 Å². The number of aromatic carboxylic acids is 1. The second-order valence-corrected chi connectivity index (χ2v) is 10.1. The second kappa shape index (κ2) is 10.4. The number of hydrogen-bond donors (Lipinski definition) is 1. The van der Waals surface area contributed by atoms with Crippen molar-refractivity contribution in [3.8, 4) is 22.9 Å². The summed E-state index contributed by atoms with van der Waals surface area (Å²) < 4.78 is 12.5. The highest BCUT2D eigenvalue weighted by Crippen LogP contribution is 2.33. The van der Waals surface area contributed by atoms with Gasteiger partial charge in [0.1, 0.15) is 11.3 Å². The summed E-state index contributed by atoms with van der Waals surface area (Å²) in [5, 5.41) is 17.5. The maximum Gasteiger partial charge on any atom is 0.336 e. The van der Waals surface area contributed by atoms with Crippen LogP contribution >= 0.6 is 0 Å². The minimum absolute atomic E-state index is 0.0388. The summed E-state index contributed by atoms with van der Waals surface area (Å²) in [5.74, 6) is -1.59. The molecule has 0 spiro atoms. The molecule has 0 aliphatic heterocycles. The summed E-state index contributed by atoms with van der Waals surface area (Å²) in [6, 6.07) is 14.3. The molecule has 196 valence electrons. The SMILES string of the molecule is CC(=O)Oc1nnc(OC(C)=O)c2c1nc(CC(C)(C)C)n2Cc1ccc(-c2ccccc2C(=O)O)cc1. The van der Waals surface area contributed by atoms with Gasteiger partial charge in [0, 0.05) is 26.8 Å². The number of carboxylic acids is 1. The first-order chi connectivity index (χ1) is 17.9. The molecule has 2 heterocycles. The van der Waals surface area contributed by atoms with E-state index in [0.717, 1.165) is 11.1 Å². The quantitative estimate of drug-likeness (QED) is 0.348. The highest BCUT2D eigenvalue weighted by molar-refractivity contribution is 5.96. The highest BCUT2D eigenvalue weighted by atomic mass is 16.6. The van der Waals surface area contributed by atoms with Gasteiger partial charge in [-0.05, 0) is 28.2 Å². The summed E-state index contributed by atoms with van der Waals surface area (Å²) in [5.41, 5.74) is 2.98. The van der Waals surface area contributed by atoms with E-state index in [-0.39, 0.29) is 28.3 Å². The zero-order valence-corrected chi connectivity index (χ0v) is 21.8. The number of fused-ring (bicyclic) bond motifs is 1. The Labute approximate surface area is 219 Å². The van der Waals surface area contributed by atoms with Gasteiger partial charge >= 0.3 is 17.9 Å². The lowest BCUT2D eigenvalue weighted by molar-refractivity contribution is -0.133. The molecular weight excluding hydrogens is 488 g/mol.